The molecule has 15 heavy (non-hydrogen) atoms. The van der Waals surface area contributed by atoms with Crippen molar-refractivity contribution in [1.29, 1.82) is 0 Å². The molecule has 1 rings (SSSR count). The van der Waals surface area contributed by atoms with Gasteiger partial charge in [0.05, 0.1) is 16.2 Å². The number of amides is 1. The van der Waals surface area contributed by atoms with Gasteiger partial charge in [0.25, 0.3) is 0 Å². The number of anilines is 2. The van der Waals surface area contributed by atoms with E-state index in [1.807, 2.05) is 43.3 Å². The zero-order chi connectivity index (χ0) is 11.4. The third-order valence-electron chi connectivity index (χ3n) is 2.01. The van der Waals surface area contributed by atoms with Gasteiger partial charge in [0.1, 0.15) is 0 Å². The van der Waals surface area contributed by atoms with Crippen molar-refractivity contribution in [2.75, 3.05) is 24.3 Å². The Labute approximate surface area is 98.6 Å². The maximum atomic E-state index is 11.5. The van der Waals surface area contributed by atoms with Gasteiger partial charge in [-0.25, -0.2) is 0 Å². The number of rotatable bonds is 3. The second-order valence-corrected chi connectivity index (χ2v) is 4.89. The molecule has 1 N–H and O–H groups in total. The van der Waals surface area contributed by atoms with Gasteiger partial charge in [-0.15, -0.1) is 0 Å². The van der Waals surface area contributed by atoms with E-state index in [-0.39, 0.29) is 10.7 Å². The summed E-state index contributed by atoms with van der Waals surface area (Å²) in [6.07, 6.45) is 0. The molecule has 0 bridgehead atoms. The Morgan fingerprint density at radius 3 is 2.53 bits per heavy atom. The first-order chi connectivity index (χ1) is 7.02. The summed E-state index contributed by atoms with van der Waals surface area (Å²) in [4.78, 5) is 13.3. The van der Waals surface area contributed by atoms with E-state index in [4.69, 9.17) is 0 Å². The summed E-state index contributed by atoms with van der Waals surface area (Å²) >= 11 is 3.23. The first-order valence-electron chi connectivity index (χ1n) is 4.73. The summed E-state index contributed by atoms with van der Waals surface area (Å²) in [5, 5.41) is 2.86. The molecule has 1 unspecified atom stereocenters. The highest BCUT2D eigenvalue weighted by Gasteiger charge is 2.11. The molecule has 82 valence electrons. The predicted octanol–water partition coefficient (Wildman–Crippen LogP) is 2.47. The number of hydrogen-bond donors (Lipinski definition) is 1. The van der Waals surface area contributed by atoms with Crippen molar-refractivity contribution < 1.29 is 4.79 Å². The number of hydrogen-bond acceptors (Lipinski definition) is 2. The first-order valence-corrected chi connectivity index (χ1v) is 5.65. The smallest absolute Gasteiger partial charge is 0.237 e. The minimum Gasteiger partial charge on any atom is -0.376 e. The Morgan fingerprint density at radius 2 is 2.00 bits per heavy atom. The van der Waals surface area contributed by atoms with Crippen molar-refractivity contribution in [2.45, 2.75) is 11.8 Å². The fourth-order valence-corrected chi connectivity index (χ4v) is 1.32. The number of halogens is 1. The fourth-order valence-electron chi connectivity index (χ4n) is 1.20. The number of benzene rings is 1. The van der Waals surface area contributed by atoms with Crippen molar-refractivity contribution in [2.24, 2.45) is 0 Å². The summed E-state index contributed by atoms with van der Waals surface area (Å²) in [5.41, 5.74) is 1.83. The molecule has 0 aliphatic rings. The number of nitrogens with one attached hydrogen (secondary N) is 1. The van der Waals surface area contributed by atoms with Gasteiger partial charge in [0, 0.05) is 14.1 Å². The van der Waals surface area contributed by atoms with Gasteiger partial charge in [-0.05, 0) is 19.1 Å². The minimum absolute atomic E-state index is 0.0377. The van der Waals surface area contributed by atoms with Gasteiger partial charge in [-0.2, -0.15) is 0 Å². The van der Waals surface area contributed by atoms with Crippen molar-refractivity contribution >= 4 is 33.2 Å². The SMILES string of the molecule is CC(Br)C(=O)Nc1ccccc1N(C)C. The lowest BCUT2D eigenvalue weighted by Crippen LogP contribution is -2.21. The molecule has 0 aromatic heterocycles. The number of nitrogens with zero attached hydrogens (tertiary/aromatic N) is 1. The molecule has 1 amide bonds. The van der Waals surface area contributed by atoms with E-state index in [1.54, 1.807) is 6.92 Å². The minimum atomic E-state index is -0.187. The van der Waals surface area contributed by atoms with Gasteiger partial charge in [0.15, 0.2) is 0 Å². The van der Waals surface area contributed by atoms with E-state index < -0.39 is 0 Å². The van der Waals surface area contributed by atoms with Gasteiger partial charge in [0.2, 0.25) is 5.91 Å². The molecular weight excluding hydrogens is 256 g/mol. The number of carbonyl (C=O) groups is 1. The number of carbonyl (C=O) groups excluding carboxylic acids is 1. The molecule has 0 aliphatic carbocycles. The van der Waals surface area contributed by atoms with Crippen molar-refractivity contribution in [3.63, 3.8) is 0 Å². The summed E-state index contributed by atoms with van der Waals surface area (Å²) < 4.78 is 0. The summed E-state index contributed by atoms with van der Waals surface area (Å²) in [5.74, 6) is -0.0377. The molecule has 3 nitrogen and oxygen atoms in total. The van der Waals surface area contributed by atoms with E-state index in [9.17, 15) is 4.79 Å². The highest BCUT2D eigenvalue weighted by atomic mass is 79.9. The molecule has 0 saturated heterocycles. The van der Waals surface area contributed by atoms with Crippen LogP contribution in [0.1, 0.15) is 6.92 Å². The zero-order valence-electron chi connectivity index (χ0n) is 9.12. The molecule has 0 aliphatic heterocycles. The standard InChI is InChI=1S/C11H15BrN2O/c1-8(12)11(15)13-9-6-4-5-7-10(9)14(2)3/h4-8H,1-3H3,(H,13,15). The monoisotopic (exact) mass is 270 g/mol. The Bertz CT molecular complexity index is 350. The van der Waals surface area contributed by atoms with Crippen LogP contribution < -0.4 is 10.2 Å². The number of para-hydroxylation sites is 2. The van der Waals surface area contributed by atoms with Gasteiger partial charge in [-0.3, -0.25) is 4.79 Å². The molecule has 4 heteroatoms. The number of alkyl halides is 1. The van der Waals surface area contributed by atoms with Crippen LogP contribution >= 0.6 is 15.9 Å². The van der Waals surface area contributed by atoms with Crippen LogP contribution in [0, 0.1) is 0 Å². The van der Waals surface area contributed by atoms with E-state index >= 15 is 0 Å². The normalized spacial score (nSPS) is 12.0. The average Bonchev–Trinajstić information content (AvgIpc) is 2.18. The van der Waals surface area contributed by atoms with E-state index in [2.05, 4.69) is 21.2 Å². The van der Waals surface area contributed by atoms with Crippen molar-refractivity contribution in [3.05, 3.63) is 24.3 Å². The molecule has 1 aromatic carbocycles. The maximum absolute atomic E-state index is 11.5. The fraction of sp³-hybridized carbons (Fsp3) is 0.364. The maximum Gasteiger partial charge on any atom is 0.237 e. The summed E-state index contributed by atoms with van der Waals surface area (Å²) in [7, 11) is 3.89. The van der Waals surface area contributed by atoms with E-state index in [0.29, 0.717) is 0 Å². The van der Waals surface area contributed by atoms with E-state index in [0.717, 1.165) is 11.4 Å². The highest BCUT2D eigenvalue weighted by molar-refractivity contribution is 9.10. The zero-order valence-corrected chi connectivity index (χ0v) is 10.7. The molecule has 1 aromatic rings. The van der Waals surface area contributed by atoms with Crippen LogP contribution in [0.4, 0.5) is 11.4 Å². The van der Waals surface area contributed by atoms with E-state index in [1.165, 1.54) is 0 Å². The Morgan fingerprint density at radius 1 is 1.40 bits per heavy atom. The molecule has 0 radical (unpaired) electrons. The van der Waals surface area contributed by atoms with Crippen LogP contribution in [0.2, 0.25) is 0 Å². The lowest BCUT2D eigenvalue weighted by atomic mass is 10.2. The highest BCUT2D eigenvalue weighted by Crippen LogP contribution is 2.23. The van der Waals surface area contributed by atoms with Crippen molar-refractivity contribution in [3.8, 4) is 0 Å². The van der Waals surface area contributed by atoms with Crippen LogP contribution in [0.25, 0.3) is 0 Å². The third-order valence-corrected chi connectivity index (χ3v) is 2.42. The molecule has 1 atom stereocenters. The molecule has 0 fully saturated rings. The first kappa shape index (κ1) is 12.0. The largest absolute Gasteiger partial charge is 0.376 e. The van der Waals surface area contributed by atoms with Gasteiger partial charge >= 0.3 is 0 Å². The molecule has 0 spiro atoms. The Kier molecular flexibility index (Phi) is 4.15. The molecular formula is C11H15BrN2O. The van der Waals surface area contributed by atoms with Gasteiger partial charge < -0.3 is 10.2 Å². The third kappa shape index (κ3) is 3.23. The van der Waals surface area contributed by atoms with Crippen LogP contribution in [0.5, 0.6) is 0 Å². The van der Waals surface area contributed by atoms with Crippen molar-refractivity contribution in [1.82, 2.24) is 0 Å². The Hall–Kier alpha value is -1.03. The predicted molar refractivity (Wildman–Crippen MR) is 67.8 cm³/mol. The summed E-state index contributed by atoms with van der Waals surface area (Å²) in [6.45, 7) is 1.80. The quantitative estimate of drug-likeness (QED) is 0.856. The lowest BCUT2D eigenvalue weighted by Gasteiger charge is -2.18. The topological polar surface area (TPSA) is 32.3 Å². The lowest BCUT2D eigenvalue weighted by molar-refractivity contribution is -0.115. The van der Waals surface area contributed by atoms with Gasteiger partial charge in [-0.1, -0.05) is 28.1 Å². The second kappa shape index (κ2) is 5.16. The molecule has 0 saturated carbocycles. The average molecular weight is 271 g/mol. The van der Waals surface area contributed by atoms with Crippen LogP contribution in [-0.2, 0) is 4.79 Å². The Balaban J connectivity index is 2.89. The summed E-state index contributed by atoms with van der Waals surface area (Å²) in [6, 6.07) is 7.71. The second-order valence-electron chi connectivity index (χ2n) is 3.52. The van der Waals surface area contributed by atoms with Crippen LogP contribution in [0.3, 0.4) is 0 Å². The van der Waals surface area contributed by atoms with Crippen LogP contribution in [0.15, 0.2) is 24.3 Å². The molecule has 0 heterocycles. The van der Waals surface area contributed by atoms with Crippen LogP contribution in [-0.4, -0.2) is 24.8 Å².